The van der Waals surface area contributed by atoms with Gasteiger partial charge in [0.1, 0.15) is 5.82 Å². The van der Waals surface area contributed by atoms with Crippen LogP contribution in [-0.2, 0) is 0 Å². The van der Waals surface area contributed by atoms with Crippen LogP contribution >= 0.6 is 0 Å². The van der Waals surface area contributed by atoms with Gasteiger partial charge < -0.3 is 4.98 Å². The third-order valence-electron chi connectivity index (χ3n) is 2.10. The fourth-order valence-electron chi connectivity index (χ4n) is 1.31. The first-order valence-corrected chi connectivity index (χ1v) is 4.25. The molecule has 0 fully saturated rings. The lowest BCUT2D eigenvalue weighted by atomic mass is 10.2. The molecule has 3 nitrogen and oxygen atoms in total. The molecule has 0 aliphatic carbocycles. The van der Waals surface area contributed by atoms with Crippen molar-refractivity contribution in [3.05, 3.63) is 29.3 Å². The van der Waals surface area contributed by atoms with Crippen LogP contribution in [0.25, 0.3) is 11.0 Å². The van der Waals surface area contributed by atoms with Crippen molar-refractivity contribution in [1.29, 1.82) is 0 Å². The lowest BCUT2D eigenvalue weighted by Gasteiger charge is -1.93. The zero-order valence-electron chi connectivity index (χ0n) is 7.89. The van der Waals surface area contributed by atoms with E-state index in [-0.39, 0.29) is 17.4 Å². The SMILES string of the molecule is CC(=O)c1nc2cc(F)c(C)cc2[nH]1. The van der Waals surface area contributed by atoms with Gasteiger partial charge in [-0.2, -0.15) is 0 Å². The molecule has 1 N–H and O–H groups in total. The predicted octanol–water partition coefficient (Wildman–Crippen LogP) is 2.21. The number of halogens is 1. The summed E-state index contributed by atoms with van der Waals surface area (Å²) in [5.41, 5.74) is 1.71. The van der Waals surface area contributed by atoms with Gasteiger partial charge in [0.25, 0.3) is 0 Å². The molecule has 0 saturated heterocycles. The van der Waals surface area contributed by atoms with Gasteiger partial charge in [0, 0.05) is 13.0 Å². The van der Waals surface area contributed by atoms with Crippen molar-refractivity contribution >= 4 is 16.8 Å². The molecule has 0 saturated carbocycles. The standard InChI is InChI=1S/C10H9FN2O/c1-5-3-8-9(4-7(5)11)13-10(12-8)6(2)14/h3-4H,1-2H3,(H,12,13). The molecule has 72 valence electrons. The highest BCUT2D eigenvalue weighted by atomic mass is 19.1. The highest BCUT2D eigenvalue weighted by Crippen LogP contribution is 2.16. The van der Waals surface area contributed by atoms with Crippen molar-refractivity contribution < 1.29 is 9.18 Å². The topological polar surface area (TPSA) is 45.8 Å². The van der Waals surface area contributed by atoms with Crippen LogP contribution < -0.4 is 0 Å². The molecule has 1 aromatic heterocycles. The largest absolute Gasteiger partial charge is 0.335 e. The number of hydrogen-bond acceptors (Lipinski definition) is 2. The summed E-state index contributed by atoms with van der Waals surface area (Å²) in [4.78, 5) is 17.8. The minimum absolute atomic E-state index is 0.153. The van der Waals surface area contributed by atoms with E-state index in [0.29, 0.717) is 16.6 Å². The summed E-state index contributed by atoms with van der Waals surface area (Å²) < 4.78 is 13.1. The highest BCUT2D eigenvalue weighted by Gasteiger charge is 2.08. The zero-order valence-corrected chi connectivity index (χ0v) is 7.89. The van der Waals surface area contributed by atoms with Crippen LogP contribution in [0, 0.1) is 12.7 Å². The molecule has 2 aromatic rings. The van der Waals surface area contributed by atoms with Crippen LogP contribution in [0.5, 0.6) is 0 Å². The maximum Gasteiger partial charge on any atom is 0.195 e. The number of rotatable bonds is 1. The molecule has 1 heterocycles. The van der Waals surface area contributed by atoms with Gasteiger partial charge in [0.2, 0.25) is 0 Å². The summed E-state index contributed by atoms with van der Waals surface area (Å²) in [6.07, 6.45) is 0. The Hall–Kier alpha value is -1.71. The summed E-state index contributed by atoms with van der Waals surface area (Å²) in [5, 5.41) is 0. The lowest BCUT2D eigenvalue weighted by molar-refractivity contribution is 0.100. The second kappa shape index (κ2) is 2.90. The van der Waals surface area contributed by atoms with E-state index < -0.39 is 0 Å². The fraction of sp³-hybridized carbons (Fsp3) is 0.200. The molecule has 0 unspecified atom stereocenters. The van der Waals surface area contributed by atoms with E-state index in [2.05, 4.69) is 9.97 Å². The van der Waals surface area contributed by atoms with E-state index in [1.165, 1.54) is 13.0 Å². The Morgan fingerprint density at radius 2 is 2.21 bits per heavy atom. The molecule has 14 heavy (non-hydrogen) atoms. The molecule has 0 bridgehead atoms. The molecule has 0 aliphatic rings. The molecular formula is C10H9FN2O. The Morgan fingerprint density at radius 3 is 2.86 bits per heavy atom. The second-order valence-electron chi connectivity index (χ2n) is 3.26. The number of hydrogen-bond donors (Lipinski definition) is 1. The smallest absolute Gasteiger partial charge is 0.195 e. The number of benzene rings is 1. The number of imidazole rings is 1. The summed E-state index contributed by atoms with van der Waals surface area (Å²) >= 11 is 0. The van der Waals surface area contributed by atoms with Crippen LogP contribution in [0.2, 0.25) is 0 Å². The number of aryl methyl sites for hydroxylation is 1. The van der Waals surface area contributed by atoms with E-state index in [1.54, 1.807) is 13.0 Å². The molecule has 0 atom stereocenters. The minimum Gasteiger partial charge on any atom is -0.335 e. The normalized spacial score (nSPS) is 10.8. The maximum atomic E-state index is 13.1. The molecule has 4 heteroatoms. The van der Waals surface area contributed by atoms with Gasteiger partial charge in [-0.3, -0.25) is 4.79 Å². The van der Waals surface area contributed by atoms with Gasteiger partial charge in [-0.25, -0.2) is 9.37 Å². The third-order valence-corrected chi connectivity index (χ3v) is 2.10. The van der Waals surface area contributed by atoms with Crippen LogP contribution in [0.15, 0.2) is 12.1 Å². The maximum absolute atomic E-state index is 13.1. The molecule has 1 aromatic carbocycles. The van der Waals surface area contributed by atoms with Crippen molar-refractivity contribution in [2.24, 2.45) is 0 Å². The van der Waals surface area contributed by atoms with Gasteiger partial charge in [0.15, 0.2) is 11.6 Å². The van der Waals surface area contributed by atoms with Crippen molar-refractivity contribution in [3.8, 4) is 0 Å². The van der Waals surface area contributed by atoms with E-state index in [9.17, 15) is 9.18 Å². The number of Topliss-reactive ketones (excluding diaryl/α,β-unsaturated/α-hetero) is 1. The van der Waals surface area contributed by atoms with Crippen molar-refractivity contribution in [1.82, 2.24) is 9.97 Å². The Kier molecular flexibility index (Phi) is 1.84. The highest BCUT2D eigenvalue weighted by molar-refractivity contribution is 5.94. The number of H-pyrrole nitrogens is 1. The Balaban J connectivity index is 2.72. The first-order chi connectivity index (χ1) is 6.58. The Bertz CT molecular complexity index is 477. The number of nitrogens with zero attached hydrogens (tertiary/aromatic N) is 1. The quantitative estimate of drug-likeness (QED) is 0.704. The Labute approximate surface area is 80.0 Å². The van der Waals surface area contributed by atoms with E-state index in [1.807, 2.05) is 0 Å². The molecule has 0 aliphatic heterocycles. The third kappa shape index (κ3) is 1.28. The number of ketones is 1. The Morgan fingerprint density at radius 1 is 1.50 bits per heavy atom. The van der Waals surface area contributed by atoms with E-state index in [0.717, 1.165) is 0 Å². The number of nitrogens with one attached hydrogen (secondary N) is 1. The number of fused-ring (bicyclic) bond motifs is 1. The molecule has 0 radical (unpaired) electrons. The zero-order chi connectivity index (χ0) is 10.3. The number of carbonyl (C=O) groups excluding carboxylic acids is 1. The van der Waals surface area contributed by atoms with Gasteiger partial charge in [-0.15, -0.1) is 0 Å². The summed E-state index contributed by atoms with van der Waals surface area (Å²) in [6.45, 7) is 3.09. The van der Waals surface area contributed by atoms with Gasteiger partial charge in [-0.05, 0) is 18.6 Å². The second-order valence-corrected chi connectivity index (χ2v) is 3.26. The van der Waals surface area contributed by atoms with Crippen LogP contribution in [-0.4, -0.2) is 15.8 Å². The predicted molar refractivity (Wildman–Crippen MR) is 50.8 cm³/mol. The van der Waals surface area contributed by atoms with E-state index in [4.69, 9.17) is 0 Å². The molecular weight excluding hydrogens is 183 g/mol. The monoisotopic (exact) mass is 192 g/mol. The average Bonchev–Trinajstić information content (AvgIpc) is 2.48. The molecule has 0 amide bonds. The first kappa shape index (κ1) is 8.87. The van der Waals surface area contributed by atoms with E-state index >= 15 is 0 Å². The fourth-order valence-corrected chi connectivity index (χ4v) is 1.31. The summed E-state index contributed by atoms with van der Waals surface area (Å²) in [6, 6.07) is 2.97. The molecule has 2 rings (SSSR count). The van der Waals surface area contributed by atoms with Crippen LogP contribution in [0.3, 0.4) is 0 Å². The van der Waals surface area contributed by atoms with Gasteiger partial charge in [-0.1, -0.05) is 0 Å². The van der Waals surface area contributed by atoms with Crippen LogP contribution in [0.4, 0.5) is 4.39 Å². The van der Waals surface area contributed by atoms with Gasteiger partial charge in [0.05, 0.1) is 11.0 Å². The number of aromatic amines is 1. The van der Waals surface area contributed by atoms with Crippen LogP contribution in [0.1, 0.15) is 23.1 Å². The first-order valence-electron chi connectivity index (χ1n) is 4.25. The van der Waals surface area contributed by atoms with Crippen molar-refractivity contribution in [2.45, 2.75) is 13.8 Å². The molecule has 0 spiro atoms. The summed E-state index contributed by atoms with van der Waals surface area (Å²) in [5.74, 6) is -0.191. The minimum atomic E-state index is -0.306. The summed E-state index contributed by atoms with van der Waals surface area (Å²) in [7, 11) is 0. The number of carbonyl (C=O) groups is 1. The number of aromatic nitrogens is 2. The lowest BCUT2D eigenvalue weighted by Crippen LogP contribution is -1.93. The van der Waals surface area contributed by atoms with Gasteiger partial charge >= 0.3 is 0 Å². The average molecular weight is 192 g/mol. The van der Waals surface area contributed by atoms with Crippen molar-refractivity contribution in [3.63, 3.8) is 0 Å². The van der Waals surface area contributed by atoms with Crippen molar-refractivity contribution in [2.75, 3.05) is 0 Å².